The van der Waals surface area contributed by atoms with Gasteiger partial charge < -0.3 is 16.4 Å². The third-order valence-corrected chi connectivity index (χ3v) is 2.75. The third kappa shape index (κ3) is 3.20. The van der Waals surface area contributed by atoms with E-state index >= 15 is 0 Å². The standard InChI is InChI=1S/C10H19N3O2/c1-2-3-4-13-10(15)8-6-12-5-7(8)9(11)14/h7-8,12H,2-6H2,1H3,(H2,11,14)(H,13,15). The molecule has 1 heterocycles. The maximum atomic E-state index is 11.7. The lowest BCUT2D eigenvalue weighted by Gasteiger charge is -2.14. The van der Waals surface area contributed by atoms with Crippen LogP contribution in [0.4, 0.5) is 0 Å². The molecule has 1 saturated heterocycles. The summed E-state index contributed by atoms with van der Waals surface area (Å²) < 4.78 is 0. The van der Waals surface area contributed by atoms with Crippen LogP contribution in [-0.2, 0) is 9.59 Å². The fourth-order valence-electron chi connectivity index (χ4n) is 1.77. The molecule has 0 bridgehead atoms. The molecule has 0 aromatic rings. The van der Waals surface area contributed by atoms with Crippen molar-refractivity contribution in [1.82, 2.24) is 10.6 Å². The first-order valence-electron chi connectivity index (χ1n) is 5.44. The lowest BCUT2D eigenvalue weighted by molar-refractivity contribution is -0.131. The Morgan fingerprint density at radius 2 is 2.07 bits per heavy atom. The van der Waals surface area contributed by atoms with Gasteiger partial charge in [-0.1, -0.05) is 13.3 Å². The quantitative estimate of drug-likeness (QED) is 0.524. The van der Waals surface area contributed by atoms with Crippen molar-refractivity contribution in [3.63, 3.8) is 0 Å². The minimum absolute atomic E-state index is 0.0581. The van der Waals surface area contributed by atoms with E-state index in [2.05, 4.69) is 17.6 Å². The van der Waals surface area contributed by atoms with Crippen LogP contribution in [-0.4, -0.2) is 31.4 Å². The summed E-state index contributed by atoms with van der Waals surface area (Å²) in [5.74, 6) is -1.10. The molecule has 1 aliphatic rings. The molecule has 2 unspecified atom stereocenters. The Hall–Kier alpha value is -1.10. The molecule has 4 N–H and O–H groups in total. The van der Waals surface area contributed by atoms with Gasteiger partial charge >= 0.3 is 0 Å². The lowest BCUT2D eigenvalue weighted by Crippen LogP contribution is -2.39. The SMILES string of the molecule is CCCCNC(=O)C1CNCC1C(N)=O. The second-order valence-corrected chi connectivity index (χ2v) is 3.92. The van der Waals surface area contributed by atoms with E-state index in [0.29, 0.717) is 19.6 Å². The number of hydrogen-bond acceptors (Lipinski definition) is 3. The number of nitrogens with two attached hydrogens (primary N) is 1. The highest BCUT2D eigenvalue weighted by Crippen LogP contribution is 2.16. The zero-order chi connectivity index (χ0) is 11.3. The largest absolute Gasteiger partial charge is 0.369 e. The topological polar surface area (TPSA) is 84.2 Å². The summed E-state index contributed by atoms with van der Waals surface area (Å²) in [6.45, 7) is 3.81. The highest BCUT2D eigenvalue weighted by molar-refractivity contribution is 5.87. The number of unbranched alkanes of at least 4 members (excludes halogenated alkanes) is 1. The molecule has 5 nitrogen and oxygen atoms in total. The van der Waals surface area contributed by atoms with Crippen LogP contribution in [0.3, 0.4) is 0 Å². The predicted octanol–water partition coefficient (Wildman–Crippen LogP) is -0.776. The van der Waals surface area contributed by atoms with E-state index in [4.69, 9.17) is 5.73 Å². The van der Waals surface area contributed by atoms with Gasteiger partial charge in [0.05, 0.1) is 11.8 Å². The Bertz CT molecular complexity index is 243. The van der Waals surface area contributed by atoms with E-state index in [0.717, 1.165) is 12.8 Å². The number of rotatable bonds is 5. The Morgan fingerprint density at radius 3 is 2.67 bits per heavy atom. The van der Waals surface area contributed by atoms with Gasteiger partial charge in [-0.2, -0.15) is 0 Å². The van der Waals surface area contributed by atoms with Crippen molar-refractivity contribution in [1.29, 1.82) is 0 Å². The molecular formula is C10H19N3O2. The molecule has 2 amide bonds. The number of primary amides is 1. The van der Waals surface area contributed by atoms with Gasteiger partial charge in [0.25, 0.3) is 0 Å². The minimum Gasteiger partial charge on any atom is -0.369 e. The highest BCUT2D eigenvalue weighted by Gasteiger charge is 2.36. The molecular weight excluding hydrogens is 194 g/mol. The zero-order valence-electron chi connectivity index (χ0n) is 9.08. The smallest absolute Gasteiger partial charge is 0.225 e. The van der Waals surface area contributed by atoms with Gasteiger partial charge in [-0.15, -0.1) is 0 Å². The third-order valence-electron chi connectivity index (χ3n) is 2.75. The number of hydrogen-bond donors (Lipinski definition) is 3. The Kier molecular flexibility index (Phi) is 4.55. The van der Waals surface area contributed by atoms with Crippen LogP contribution < -0.4 is 16.4 Å². The van der Waals surface area contributed by atoms with Crippen LogP contribution in [0.5, 0.6) is 0 Å². The van der Waals surface area contributed by atoms with Crippen LogP contribution in [0.2, 0.25) is 0 Å². The van der Waals surface area contributed by atoms with E-state index in [9.17, 15) is 9.59 Å². The number of carbonyl (C=O) groups excluding carboxylic acids is 2. The number of nitrogens with one attached hydrogen (secondary N) is 2. The maximum absolute atomic E-state index is 11.7. The van der Waals surface area contributed by atoms with Crippen LogP contribution in [0, 0.1) is 11.8 Å². The second-order valence-electron chi connectivity index (χ2n) is 3.92. The van der Waals surface area contributed by atoms with Crippen LogP contribution in [0.15, 0.2) is 0 Å². The fourth-order valence-corrected chi connectivity index (χ4v) is 1.77. The molecule has 1 aliphatic heterocycles. The number of amides is 2. The second kappa shape index (κ2) is 5.70. The Balaban J connectivity index is 2.40. The van der Waals surface area contributed by atoms with Crippen LogP contribution in [0.25, 0.3) is 0 Å². The van der Waals surface area contributed by atoms with Gasteiger partial charge in [0.2, 0.25) is 11.8 Å². The summed E-state index contributed by atoms with van der Waals surface area (Å²) in [4.78, 5) is 22.7. The summed E-state index contributed by atoms with van der Waals surface area (Å²) in [5.41, 5.74) is 5.22. The van der Waals surface area contributed by atoms with Gasteiger partial charge in [0.15, 0.2) is 0 Å². The summed E-state index contributed by atoms with van der Waals surface area (Å²) in [5, 5.41) is 5.84. The average Bonchev–Trinajstić information content (AvgIpc) is 2.66. The van der Waals surface area contributed by atoms with Crippen molar-refractivity contribution in [3.8, 4) is 0 Å². The fraction of sp³-hybridized carbons (Fsp3) is 0.800. The van der Waals surface area contributed by atoms with Gasteiger partial charge in [0.1, 0.15) is 0 Å². The van der Waals surface area contributed by atoms with E-state index in [1.165, 1.54) is 0 Å². The molecule has 0 saturated carbocycles. The molecule has 15 heavy (non-hydrogen) atoms. The summed E-state index contributed by atoms with van der Waals surface area (Å²) in [7, 11) is 0. The van der Waals surface area contributed by atoms with Gasteiger partial charge in [-0.05, 0) is 6.42 Å². The van der Waals surface area contributed by atoms with E-state index in [1.54, 1.807) is 0 Å². The molecule has 1 fully saturated rings. The molecule has 0 aliphatic carbocycles. The molecule has 0 radical (unpaired) electrons. The maximum Gasteiger partial charge on any atom is 0.225 e. The molecule has 2 atom stereocenters. The highest BCUT2D eigenvalue weighted by atomic mass is 16.2. The number of carbonyl (C=O) groups is 2. The van der Waals surface area contributed by atoms with Gasteiger partial charge in [0, 0.05) is 19.6 Å². The monoisotopic (exact) mass is 213 g/mol. The van der Waals surface area contributed by atoms with Crippen molar-refractivity contribution in [3.05, 3.63) is 0 Å². The van der Waals surface area contributed by atoms with Gasteiger partial charge in [-0.3, -0.25) is 9.59 Å². The van der Waals surface area contributed by atoms with Gasteiger partial charge in [-0.25, -0.2) is 0 Å². The molecule has 86 valence electrons. The average molecular weight is 213 g/mol. The molecule has 5 heteroatoms. The van der Waals surface area contributed by atoms with Crippen molar-refractivity contribution < 1.29 is 9.59 Å². The van der Waals surface area contributed by atoms with Crippen LogP contribution in [0.1, 0.15) is 19.8 Å². The molecule has 0 aromatic carbocycles. The van der Waals surface area contributed by atoms with Crippen molar-refractivity contribution in [2.75, 3.05) is 19.6 Å². The first-order chi connectivity index (χ1) is 7.16. The van der Waals surface area contributed by atoms with E-state index < -0.39 is 5.91 Å². The molecule has 0 spiro atoms. The normalized spacial score (nSPS) is 25.1. The van der Waals surface area contributed by atoms with Crippen molar-refractivity contribution in [2.24, 2.45) is 17.6 Å². The predicted molar refractivity (Wildman–Crippen MR) is 57.0 cm³/mol. The summed E-state index contributed by atoms with van der Waals surface area (Å²) in [6, 6.07) is 0. The minimum atomic E-state index is -0.393. The van der Waals surface area contributed by atoms with E-state index in [-0.39, 0.29) is 17.7 Å². The van der Waals surface area contributed by atoms with Crippen molar-refractivity contribution in [2.45, 2.75) is 19.8 Å². The molecule has 1 rings (SSSR count). The zero-order valence-corrected chi connectivity index (χ0v) is 9.08. The van der Waals surface area contributed by atoms with Crippen LogP contribution >= 0.6 is 0 Å². The summed E-state index contributed by atoms with van der Waals surface area (Å²) in [6.07, 6.45) is 2.01. The lowest BCUT2D eigenvalue weighted by atomic mass is 9.94. The Labute approximate surface area is 89.8 Å². The Morgan fingerprint density at radius 1 is 1.40 bits per heavy atom. The van der Waals surface area contributed by atoms with E-state index in [1.807, 2.05) is 0 Å². The molecule has 0 aromatic heterocycles. The summed E-state index contributed by atoms with van der Waals surface area (Å²) >= 11 is 0. The van der Waals surface area contributed by atoms with Crippen molar-refractivity contribution >= 4 is 11.8 Å². The first-order valence-corrected chi connectivity index (χ1v) is 5.44. The first kappa shape index (κ1) is 12.0.